The molecule has 2 aromatic carbocycles. The van der Waals surface area contributed by atoms with Gasteiger partial charge in [-0.05, 0) is 58.2 Å². The number of benzene rings is 2. The zero-order chi connectivity index (χ0) is 19.9. The number of nitrogens with one attached hydrogen (secondary N) is 2. The molecule has 0 saturated heterocycles. The van der Waals surface area contributed by atoms with Gasteiger partial charge in [-0.3, -0.25) is 4.79 Å². The number of halogens is 2. The first-order chi connectivity index (χ1) is 12.8. The number of hydrogen-bond acceptors (Lipinski definition) is 4. The predicted octanol–water partition coefficient (Wildman–Crippen LogP) is 3.14. The third-order valence-electron chi connectivity index (χ3n) is 3.70. The molecular weight excluding hydrogens is 456 g/mol. The molecule has 1 amide bonds. The van der Waals surface area contributed by atoms with Gasteiger partial charge in [0.1, 0.15) is 5.75 Å². The van der Waals surface area contributed by atoms with Gasteiger partial charge in [-0.2, -0.15) is 0 Å². The largest absolute Gasteiger partial charge is 0.496 e. The standard InChI is InChI=1S/C18H20BrClN2O4S/c1-26-17-7-5-13(11-16(17)19)6-8-18(23)21-9-10-22-27(24,25)15-4-2-3-14(20)12-15/h2-5,7,11-12,22H,6,8-10H2,1H3,(H,21,23). The summed E-state index contributed by atoms with van der Waals surface area (Å²) in [5.74, 6) is 0.582. The molecule has 2 N–H and O–H groups in total. The van der Waals surface area contributed by atoms with Crippen LogP contribution < -0.4 is 14.8 Å². The van der Waals surface area contributed by atoms with Crippen LogP contribution in [0.3, 0.4) is 0 Å². The van der Waals surface area contributed by atoms with Crippen LogP contribution in [0, 0.1) is 0 Å². The molecule has 2 rings (SSSR count). The fraction of sp³-hybridized carbons (Fsp3) is 0.278. The Balaban J connectivity index is 1.74. The van der Waals surface area contributed by atoms with Crippen LogP contribution in [0.5, 0.6) is 5.75 Å². The van der Waals surface area contributed by atoms with E-state index in [4.69, 9.17) is 16.3 Å². The fourth-order valence-electron chi connectivity index (χ4n) is 2.32. The van der Waals surface area contributed by atoms with Crippen molar-refractivity contribution in [2.45, 2.75) is 17.7 Å². The number of aryl methyl sites for hydroxylation is 1. The summed E-state index contributed by atoms with van der Waals surface area (Å²) in [6.07, 6.45) is 0.877. The third-order valence-corrected chi connectivity index (χ3v) is 6.02. The SMILES string of the molecule is COc1ccc(CCC(=O)NCCNS(=O)(=O)c2cccc(Cl)c2)cc1Br. The molecule has 0 saturated carbocycles. The number of ether oxygens (including phenoxy) is 1. The highest BCUT2D eigenvalue weighted by atomic mass is 79.9. The van der Waals surface area contributed by atoms with Crippen LogP contribution >= 0.6 is 27.5 Å². The average molecular weight is 476 g/mol. The maximum Gasteiger partial charge on any atom is 0.240 e. The Morgan fingerprint density at radius 2 is 1.96 bits per heavy atom. The van der Waals surface area contributed by atoms with Gasteiger partial charge in [0.05, 0.1) is 16.5 Å². The lowest BCUT2D eigenvalue weighted by molar-refractivity contribution is -0.121. The molecule has 0 spiro atoms. The summed E-state index contributed by atoms with van der Waals surface area (Å²) in [7, 11) is -2.06. The van der Waals surface area contributed by atoms with Crippen LogP contribution in [0.15, 0.2) is 51.8 Å². The van der Waals surface area contributed by atoms with Gasteiger partial charge in [0.2, 0.25) is 15.9 Å². The molecule has 0 bridgehead atoms. The van der Waals surface area contributed by atoms with Crippen LogP contribution in [-0.2, 0) is 21.2 Å². The molecule has 0 radical (unpaired) electrons. The molecule has 0 aliphatic heterocycles. The lowest BCUT2D eigenvalue weighted by Crippen LogP contribution is -2.34. The van der Waals surface area contributed by atoms with E-state index in [1.165, 1.54) is 12.1 Å². The van der Waals surface area contributed by atoms with E-state index >= 15 is 0 Å². The van der Waals surface area contributed by atoms with Gasteiger partial charge in [0.25, 0.3) is 0 Å². The van der Waals surface area contributed by atoms with Crippen LogP contribution in [-0.4, -0.2) is 34.5 Å². The van der Waals surface area contributed by atoms with Gasteiger partial charge in [0.15, 0.2) is 0 Å². The monoisotopic (exact) mass is 474 g/mol. The molecule has 2 aromatic rings. The third kappa shape index (κ3) is 6.80. The quantitative estimate of drug-likeness (QED) is 0.546. The summed E-state index contributed by atoms with van der Waals surface area (Å²) >= 11 is 9.22. The first-order valence-corrected chi connectivity index (χ1v) is 10.8. The molecule has 0 heterocycles. The highest BCUT2D eigenvalue weighted by Gasteiger charge is 2.13. The number of hydrogen-bond donors (Lipinski definition) is 2. The first-order valence-electron chi connectivity index (χ1n) is 8.16. The maximum absolute atomic E-state index is 12.1. The number of carbonyl (C=O) groups is 1. The van der Waals surface area contributed by atoms with Gasteiger partial charge in [-0.25, -0.2) is 13.1 Å². The van der Waals surface area contributed by atoms with E-state index in [1.54, 1.807) is 19.2 Å². The molecular formula is C18H20BrClN2O4S. The van der Waals surface area contributed by atoms with Gasteiger partial charge in [-0.1, -0.05) is 23.7 Å². The van der Waals surface area contributed by atoms with Crippen LogP contribution in [0.2, 0.25) is 5.02 Å². The van der Waals surface area contributed by atoms with Crippen molar-refractivity contribution in [3.05, 3.63) is 57.5 Å². The smallest absolute Gasteiger partial charge is 0.240 e. The van der Waals surface area contributed by atoms with Gasteiger partial charge in [-0.15, -0.1) is 0 Å². The minimum Gasteiger partial charge on any atom is -0.496 e. The van der Waals surface area contributed by atoms with Gasteiger partial charge in [0, 0.05) is 24.5 Å². The minimum atomic E-state index is -3.65. The highest BCUT2D eigenvalue weighted by Crippen LogP contribution is 2.25. The molecule has 0 aliphatic carbocycles. The second kappa shape index (κ2) is 10.1. The summed E-state index contributed by atoms with van der Waals surface area (Å²) in [6.45, 7) is 0.291. The lowest BCUT2D eigenvalue weighted by Gasteiger charge is -2.09. The number of sulfonamides is 1. The first kappa shape index (κ1) is 21.7. The van der Waals surface area contributed by atoms with E-state index in [2.05, 4.69) is 26.0 Å². The van der Waals surface area contributed by atoms with E-state index in [-0.39, 0.29) is 23.9 Å². The van der Waals surface area contributed by atoms with Gasteiger partial charge < -0.3 is 10.1 Å². The number of carbonyl (C=O) groups excluding carboxylic acids is 1. The maximum atomic E-state index is 12.1. The Morgan fingerprint density at radius 1 is 1.19 bits per heavy atom. The van der Waals surface area contributed by atoms with Crippen LogP contribution in [0.25, 0.3) is 0 Å². The number of methoxy groups -OCH3 is 1. The van der Waals surface area contributed by atoms with Crippen molar-refractivity contribution in [2.75, 3.05) is 20.2 Å². The summed E-state index contributed by atoms with van der Waals surface area (Å²) in [5, 5.41) is 3.04. The van der Waals surface area contributed by atoms with E-state index < -0.39 is 10.0 Å². The van der Waals surface area contributed by atoms with Crippen molar-refractivity contribution in [1.29, 1.82) is 0 Å². The second-order valence-corrected chi connectivity index (χ2v) is 8.73. The number of amides is 1. The topological polar surface area (TPSA) is 84.5 Å². The van der Waals surface area contributed by atoms with E-state index in [1.807, 2.05) is 18.2 Å². The fourth-order valence-corrected chi connectivity index (χ4v) is 4.24. The highest BCUT2D eigenvalue weighted by molar-refractivity contribution is 9.10. The zero-order valence-corrected chi connectivity index (χ0v) is 17.8. The Bertz CT molecular complexity index is 906. The van der Waals surface area contributed by atoms with E-state index in [9.17, 15) is 13.2 Å². The summed E-state index contributed by atoms with van der Waals surface area (Å²) in [6, 6.07) is 11.6. The van der Waals surface area contributed by atoms with Crippen molar-refractivity contribution in [3.8, 4) is 5.75 Å². The zero-order valence-electron chi connectivity index (χ0n) is 14.7. The molecule has 0 aromatic heterocycles. The minimum absolute atomic E-state index is 0.0893. The van der Waals surface area contributed by atoms with Crippen molar-refractivity contribution < 1.29 is 17.9 Å². The molecule has 27 heavy (non-hydrogen) atoms. The van der Waals surface area contributed by atoms with Crippen molar-refractivity contribution in [3.63, 3.8) is 0 Å². The Hall–Kier alpha value is -1.61. The molecule has 9 heteroatoms. The normalized spacial score (nSPS) is 11.2. The number of rotatable bonds is 9. The van der Waals surface area contributed by atoms with E-state index in [0.29, 0.717) is 17.9 Å². The average Bonchev–Trinajstić information content (AvgIpc) is 2.63. The predicted molar refractivity (Wildman–Crippen MR) is 109 cm³/mol. The second-order valence-electron chi connectivity index (χ2n) is 5.67. The van der Waals surface area contributed by atoms with Crippen LogP contribution in [0.1, 0.15) is 12.0 Å². The summed E-state index contributed by atoms with van der Waals surface area (Å²) in [5.41, 5.74) is 1.000. The Kier molecular flexibility index (Phi) is 8.09. The molecule has 0 fully saturated rings. The summed E-state index contributed by atoms with van der Waals surface area (Å²) in [4.78, 5) is 12.0. The Labute approximate surface area is 172 Å². The van der Waals surface area contributed by atoms with E-state index in [0.717, 1.165) is 15.8 Å². The van der Waals surface area contributed by atoms with Crippen LogP contribution in [0.4, 0.5) is 0 Å². The van der Waals surface area contributed by atoms with Crippen molar-refractivity contribution in [2.24, 2.45) is 0 Å². The Morgan fingerprint density at radius 3 is 2.63 bits per heavy atom. The van der Waals surface area contributed by atoms with Gasteiger partial charge >= 0.3 is 0 Å². The molecule has 6 nitrogen and oxygen atoms in total. The summed E-state index contributed by atoms with van der Waals surface area (Å²) < 4.78 is 32.7. The van der Waals surface area contributed by atoms with Crippen molar-refractivity contribution in [1.82, 2.24) is 10.0 Å². The molecule has 0 atom stereocenters. The lowest BCUT2D eigenvalue weighted by atomic mass is 10.1. The molecule has 146 valence electrons. The van der Waals surface area contributed by atoms with Crippen molar-refractivity contribution >= 4 is 43.5 Å². The molecule has 0 unspecified atom stereocenters. The molecule has 0 aliphatic rings.